The van der Waals surface area contributed by atoms with E-state index in [9.17, 15) is 0 Å². The molecule has 2 rings (SSSR count). The minimum absolute atomic E-state index is 0.581. The normalized spacial score (nSPS) is 14.8. The van der Waals surface area contributed by atoms with Crippen LogP contribution < -0.4 is 10.2 Å². The number of hydrogen-bond donors (Lipinski definition) is 1. The lowest BCUT2D eigenvalue weighted by Gasteiger charge is -2.19. The van der Waals surface area contributed by atoms with E-state index in [2.05, 4.69) is 26.6 Å². The van der Waals surface area contributed by atoms with Gasteiger partial charge in [0.2, 0.25) is 0 Å². The molecular formula is C11H16N4S. The predicted octanol–water partition coefficient (Wildman–Crippen LogP) is 1.74. The summed E-state index contributed by atoms with van der Waals surface area (Å²) in [4.78, 5) is 6.87. The fourth-order valence-corrected chi connectivity index (χ4v) is 2.60. The average Bonchev–Trinajstić information content (AvgIpc) is 3.01. The number of rotatable bonds is 6. The molecule has 1 N–H and O–H groups in total. The highest BCUT2D eigenvalue weighted by molar-refractivity contribution is 7.13. The first-order valence-electron chi connectivity index (χ1n) is 5.57. The van der Waals surface area contributed by atoms with E-state index < -0.39 is 0 Å². The average molecular weight is 236 g/mol. The third-order valence-corrected chi connectivity index (χ3v) is 3.52. The minimum Gasteiger partial charge on any atom is -0.344 e. The van der Waals surface area contributed by atoms with Gasteiger partial charge in [-0.1, -0.05) is 0 Å². The van der Waals surface area contributed by atoms with Crippen molar-refractivity contribution in [2.45, 2.75) is 31.8 Å². The second-order valence-corrected chi connectivity index (χ2v) is 4.82. The highest BCUT2D eigenvalue weighted by Crippen LogP contribution is 2.33. The molecule has 0 amide bonds. The van der Waals surface area contributed by atoms with E-state index in [0.29, 0.717) is 12.5 Å². The summed E-state index contributed by atoms with van der Waals surface area (Å²) in [6.45, 7) is 1.63. The first-order chi connectivity index (χ1) is 7.85. The second-order valence-electron chi connectivity index (χ2n) is 3.98. The zero-order valence-corrected chi connectivity index (χ0v) is 10.3. The van der Waals surface area contributed by atoms with Crippen molar-refractivity contribution in [2.75, 3.05) is 18.5 Å². The van der Waals surface area contributed by atoms with Crippen molar-refractivity contribution >= 4 is 16.5 Å². The van der Waals surface area contributed by atoms with Gasteiger partial charge in [-0.15, -0.1) is 11.3 Å². The van der Waals surface area contributed by atoms with Crippen molar-refractivity contribution in [3.05, 3.63) is 11.1 Å². The Balaban J connectivity index is 2.03. The van der Waals surface area contributed by atoms with Gasteiger partial charge in [0.05, 0.1) is 18.2 Å². The summed E-state index contributed by atoms with van der Waals surface area (Å²) in [5, 5.41) is 14.9. The van der Waals surface area contributed by atoms with Crippen molar-refractivity contribution in [1.82, 2.24) is 10.3 Å². The smallest absolute Gasteiger partial charge is 0.185 e. The molecule has 86 valence electrons. The Morgan fingerprint density at radius 1 is 1.69 bits per heavy atom. The van der Waals surface area contributed by atoms with Gasteiger partial charge in [0.1, 0.15) is 0 Å². The fraction of sp³-hybridized carbons (Fsp3) is 0.636. The first-order valence-corrected chi connectivity index (χ1v) is 6.45. The largest absolute Gasteiger partial charge is 0.344 e. The van der Waals surface area contributed by atoms with Gasteiger partial charge in [0.15, 0.2) is 5.13 Å². The Bertz CT molecular complexity index is 378. The minimum atomic E-state index is 0.581. The van der Waals surface area contributed by atoms with Crippen LogP contribution in [0.2, 0.25) is 0 Å². The standard InChI is InChI=1S/C11H16N4S/c1-13-7-9-8-16-11(14-9)15(6-2-5-12)10-3-4-10/h8,10,13H,2-4,6-7H2,1H3. The van der Waals surface area contributed by atoms with Gasteiger partial charge in [-0.2, -0.15) is 5.26 Å². The molecule has 0 aromatic carbocycles. The van der Waals surface area contributed by atoms with Crippen LogP contribution in [0.5, 0.6) is 0 Å². The van der Waals surface area contributed by atoms with E-state index in [1.165, 1.54) is 12.8 Å². The highest BCUT2D eigenvalue weighted by Gasteiger charge is 2.30. The molecule has 0 bridgehead atoms. The molecule has 4 nitrogen and oxygen atoms in total. The van der Waals surface area contributed by atoms with Crippen molar-refractivity contribution in [1.29, 1.82) is 5.26 Å². The SMILES string of the molecule is CNCc1csc(N(CCC#N)C2CC2)n1. The number of aromatic nitrogens is 1. The Labute approximate surface area is 99.9 Å². The molecule has 1 aromatic heterocycles. The quantitative estimate of drug-likeness (QED) is 0.817. The maximum absolute atomic E-state index is 8.65. The topological polar surface area (TPSA) is 52.0 Å². The van der Waals surface area contributed by atoms with E-state index >= 15 is 0 Å². The summed E-state index contributed by atoms with van der Waals surface area (Å²) in [5.74, 6) is 0. The van der Waals surface area contributed by atoms with Crippen LogP contribution in [0.1, 0.15) is 25.0 Å². The lowest BCUT2D eigenvalue weighted by Crippen LogP contribution is -2.26. The number of nitrogens with one attached hydrogen (secondary N) is 1. The van der Waals surface area contributed by atoms with Gasteiger partial charge < -0.3 is 10.2 Å². The van der Waals surface area contributed by atoms with Crippen LogP contribution >= 0.6 is 11.3 Å². The number of thiazole rings is 1. The fourth-order valence-electron chi connectivity index (χ4n) is 1.68. The maximum atomic E-state index is 8.65. The Hall–Kier alpha value is -1.12. The van der Waals surface area contributed by atoms with Gasteiger partial charge >= 0.3 is 0 Å². The summed E-state index contributed by atoms with van der Waals surface area (Å²) in [5.41, 5.74) is 1.09. The van der Waals surface area contributed by atoms with Crippen LogP contribution in [-0.4, -0.2) is 24.6 Å². The predicted molar refractivity (Wildman–Crippen MR) is 65.5 cm³/mol. The van der Waals surface area contributed by atoms with Crippen LogP contribution in [0, 0.1) is 11.3 Å². The molecule has 0 aliphatic heterocycles. The first kappa shape index (κ1) is 11.4. The zero-order valence-electron chi connectivity index (χ0n) is 9.44. The molecule has 1 fully saturated rings. The van der Waals surface area contributed by atoms with Crippen LogP contribution in [0.25, 0.3) is 0 Å². The monoisotopic (exact) mass is 236 g/mol. The summed E-state index contributed by atoms with van der Waals surface area (Å²) in [6.07, 6.45) is 3.07. The van der Waals surface area contributed by atoms with Gasteiger partial charge in [-0.3, -0.25) is 0 Å². The van der Waals surface area contributed by atoms with Crippen LogP contribution in [-0.2, 0) is 6.54 Å². The van der Waals surface area contributed by atoms with Gasteiger partial charge in [0.25, 0.3) is 0 Å². The van der Waals surface area contributed by atoms with Gasteiger partial charge in [-0.25, -0.2) is 4.98 Å². The van der Waals surface area contributed by atoms with Crippen molar-refractivity contribution in [2.24, 2.45) is 0 Å². The summed E-state index contributed by atoms with van der Waals surface area (Å²) in [6, 6.07) is 2.83. The maximum Gasteiger partial charge on any atom is 0.185 e. The number of nitrogens with zero attached hydrogens (tertiary/aromatic N) is 3. The van der Waals surface area contributed by atoms with Gasteiger partial charge in [0, 0.05) is 24.5 Å². The molecule has 5 heteroatoms. The van der Waals surface area contributed by atoms with E-state index in [1.54, 1.807) is 11.3 Å². The van der Waals surface area contributed by atoms with Crippen LogP contribution in [0.3, 0.4) is 0 Å². The molecule has 1 heterocycles. The zero-order chi connectivity index (χ0) is 11.4. The summed E-state index contributed by atoms with van der Waals surface area (Å²) in [7, 11) is 1.92. The highest BCUT2D eigenvalue weighted by atomic mass is 32.1. The number of hydrogen-bond acceptors (Lipinski definition) is 5. The Morgan fingerprint density at radius 2 is 2.50 bits per heavy atom. The van der Waals surface area contributed by atoms with E-state index in [0.717, 1.165) is 23.9 Å². The molecule has 0 saturated heterocycles. The van der Waals surface area contributed by atoms with E-state index in [1.807, 2.05) is 7.05 Å². The summed E-state index contributed by atoms with van der Waals surface area (Å²) < 4.78 is 0. The van der Waals surface area contributed by atoms with Crippen molar-refractivity contribution < 1.29 is 0 Å². The van der Waals surface area contributed by atoms with E-state index in [4.69, 9.17) is 5.26 Å². The number of nitriles is 1. The third kappa shape index (κ3) is 2.71. The molecule has 0 atom stereocenters. The molecule has 0 radical (unpaired) electrons. The lowest BCUT2D eigenvalue weighted by atomic mass is 10.4. The van der Waals surface area contributed by atoms with Crippen molar-refractivity contribution in [3.8, 4) is 6.07 Å². The Kier molecular flexibility index (Phi) is 3.75. The number of anilines is 1. The lowest BCUT2D eigenvalue weighted by molar-refractivity contribution is 0.768. The molecule has 1 aliphatic rings. The molecule has 1 aromatic rings. The molecule has 16 heavy (non-hydrogen) atoms. The van der Waals surface area contributed by atoms with Crippen LogP contribution in [0.4, 0.5) is 5.13 Å². The Morgan fingerprint density at radius 3 is 3.12 bits per heavy atom. The third-order valence-electron chi connectivity index (χ3n) is 2.60. The molecular weight excluding hydrogens is 220 g/mol. The molecule has 0 unspecified atom stereocenters. The molecule has 1 aliphatic carbocycles. The summed E-state index contributed by atoms with van der Waals surface area (Å²) >= 11 is 1.68. The van der Waals surface area contributed by atoms with E-state index in [-0.39, 0.29) is 0 Å². The second kappa shape index (κ2) is 5.28. The van der Waals surface area contributed by atoms with Gasteiger partial charge in [-0.05, 0) is 19.9 Å². The van der Waals surface area contributed by atoms with Crippen molar-refractivity contribution in [3.63, 3.8) is 0 Å². The molecule has 1 saturated carbocycles. The molecule has 0 spiro atoms. The van der Waals surface area contributed by atoms with Crippen LogP contribution in [0.15, 0.2) is 5.38 Å².